The lowest BCUT2D eigenvalue weighted by molar-refractivity contribution is -0.177. The molecule has 4 aliphatic rings. The normalized spacial score (nSPS) is 39.7. The molecule has 2 heterocycles. The van der Waals surface area contributed by atoms with Gasteiger partial charge in [-0.1, -0.05) is 6.07 Å². The van der Waals surface area contributed by atoms with Crippen LogP contribution in [0, 0.1) is 0 Å². The molecule has 1 aromatic rings. The summed E-state index contributed by atoms with van der Waals surface area (Å²) in [5.41, 5.74) is -0.576. The number of aromatic hydroxyl groups is 1. The summed E-state index contributed by atoms with van der Waals surface area (Å²) in [7, 11) is 2.05. The van der Waals surface area contributed by atoms with Crippen LogP contribution < -0.4 is 5.32 Å². The molecule has 2 aliphatic heterocycles. The van der Waals surface area contributed by atoms with E-state index in [0.717, 1.165) is 24.1 Å². The molecule has 1 spiro atoms. The summed E-state index contributed by atoms with van der Waals surface area (Å²) >= 11 is 0. The van der Waals surface area contributed by atoms with Gasteiger partial charge in [0.25, 0.3) is 5.91 Å². The van der Waals surface area contributed by atoms with Gasteiger partial charge in [0, 0.05) is 18.0 Å². The van der Waals surface area contributed by atoms with Crippen LogP contribution in [0.5, 0.6) is 5.75 Å². The number of nitrogens with one attached hydrogen (secondary N) is 1. The fourth-order valence-corrected chi connectivity index (χ4v) is 6.51. The molecule has 7 nitrogen and oxygen atoms in total. The Balaban J connectivity index is 1.69. The molecule has 3 fully saturated rings. The zero-order valence-corrected chi connectivity index (χ0v) is 16.4. The standard InChI is InChI=1S/C21H27N3O4/c1-3-24-17(26)20(22-18(24)27)6-7-21(28)16-10-13-4-5-14(25)11-15(13)19(21,12-20)8-9-23(16)2/h4-5,11,16,25,28H,3,6-10,12H2,1-2H3,(H,22,27)/t16-,19-,20+,21-/m1/s1. The van der Waals surface area contributed by atoms with E-state index in [1.165, 1.54) is 4.90 Å². The van der Waals surface area contributed by atoms with E-state index in [1.54, 1.807) is 19.1 Å². The molecular formula is C21H27N3O4. The second-order valence-corrected chi connectivity index (χ2v) is 9.04. The Morgan fingerprint density at radius 2 is 2.04 bits per heavy atom. The molecule has 28 heavy (non-hydrogen) atoms. The minimum atomic E-state index is -0.989. The average Bonchev–Trinajstić information content (AvgIpc) is 2.89. The van der Waals surface area contributed by atoms with Crippen molar-refractivity contribution in [3.05, 3.63) is 29.3 Å². The number of amides is 3. The second kappa shape index (κ2) is 5.48. The zero-order valence-electron chi connectivity index (χ0n) is 16.4. The Morgan fingerprint density at radius 1 is 1.25 bits per heavy atom. The molecule has 5 rings (SSSR count). The summed E-state index contributed by atoms with van der Waals surface area (Å²) in [5.74, 6) is -0.0105. The van der Waals surface area contributed by atoms with Crippen molar-refractivity contribution in [2.75, 3.05) is 20.1 Å². The number of aliphatic hydroxyl groups is 1. The summed E-state index contributed by atoms with van der Waals surface area (Å²) in [6.07, 6.45) is 2.66. The number of carbonyl (C=O) groups is 2. The number of imide groups is 1. The van der Waals surface area contributed by atoms with E-state index in [0.29, 0.717) is 32.2 Å². The largest absolute Gasteiger partial charge is 0.508 e. The third-order valence-corrected chi connectivity index (χ3v) is 7.92. The highest BCUT2D eigenvalue weighted by Gasteiger charge is 2.69. The Morgan fingerprint density at radius 3 is 2.75 bits per heavy atom. The van der Waals surface area contributed by atoms with Crippen molar-refractivity contribution < 1.29 is 19.8 Å². The summed E-state index contributed by atoms with van der Waals surface area (Å²) in [5, 5.41) is 25.2. The smallest absolute Gasteiger partial charge is 0.325 e. The number of phenols is 1. The van der Waals surface area contributed by atoms with Gasteiger partial charge in [-0.15, -0.1) is 0 Å². The molecule has 7 heteroatoms. The highest BCUT2D eigenvalue weighted by Crippen LogP contribution is 2.60. The zero-order chi connectivity index (χ0) is 19.9. The van der Waals surface area contributed by atoms with Crippen molar-refractivity contribution in [2.45, 2.75) is 61.6 Å². The monoisotopic (exact) mass is 385 g/mol. The number of likely N-dealkylation sites (tertiary alicyclic amines) is 1. The van der Waals surface area contributed by atoms with Crippen LogP contribution in [0.2, 0.25) is 0 Å². The van der Waals surface area contributed by atoms with Crippen LogP contribution in [0.15, 0.2) is 18.2 Å². The lowest BCUT2D eigenvalue weighted by Crippen LogP contribution is -2.75. The second-order valence-electron chi connectivity index (χ2n) is 9.04. The van der Waals surface area contributed by atoms with Gasteiger partial charge in [0.05, 0.1) is 5.60 Å². The maximum Gasteiger partial charge on any atom is 0.325 e. The van der Waals surface area contributed by atoms with Gasteiger partial charge >= 0.3 is 6.03 Å². The highest BCUT2D eigenvalue weighted by molar-refractivity contribution is 6.07. The molecule has 150 valence electrons. The van der Waals surface area contributed by atoms with Crippen molar-refractivity contribution >= 4 is 11.9 Å². The van der Waals surface area contributed by atoms with E-state index in [4.69, 9.17) is 0 Å². The summed E-state index contributed by atoms with van der Waals surface area (Å²) < 4.78 is 0. The van der Waals surface area contributed by atoms with Gasteiger partial charge in [-0.3, -0.25) is 9.69 Å². The predicted octanol–water partition coefficient (Wildman–Crippen LogP) is 1.12. The molecule has 3 N–H and O–H groups in total. The van der Waals surface area contributed by atoms with Gasteiger partial charge in [0.2, 0.25) is 0 Å². The Bertz CT molecular complexity index is 888. The first-order chi connectivity index (χ1) is 13.3. The first-order valence-corrected chi connectivity index (χ1v) is 10.2. The van der Waals surface area contributed by atoms with Crippen molar-refractivity contribution in [1.29, 1.82) is 0 Å². The number of carbonyl (C=O) groups excluding carboxylic acids is 2. The highest BCUT2D eigenvalue weighted by atomic mass is 16.3. The summed E-state index contributed by atoms with van der Waals surface area (Å²) in [6, 6.07) is 5.01. The molecule has 0 unspecified atom stereocenters. The number of hydrogen-bond acceptors (Lipinski definition) is 5. The first kappa shape index (κ1) is 17.9. The number of nitrogens with zero attached hydrogens (tertiary/aromatic N) is 2. The van der Waals surface area contributed by atoms with E-state index in [1.807, 2.05) is 13.1 Å². The average molecular weight is 385 g/mol. The van der Waals surface area contributed by atoms with E-state index >= 15 is 0 Å². The van der Waals surface area contributed by atoms with E-state index in [-0.39, 0.29) is 23.7 Å². The van der Waals surface area contributed by atoms with Gasteiger partial charge < -0.3 is 20.4 Å². The number of likely N-dealkylation sites (N-methyl/N-ethyl adjacent to an activating group) is 2. The quantitative estimate of drug-likeness (QED) is 0.630. The molecule has 2 bridgehead atoms. The maximum atomic E-state index is 13.2. The van der Waals surface area contributed by atoms with Crippen LogP contribution in [0.4, 0.5) is 4.79 Å². The molecule has 1 aromatic carbocycles. The minimum Gasteiger partial charge on any atom is -0.508 e. The van der Waals surface area contributed by atoms with Crippen LogP contribution in [0.3, 0.4) is 0 Å². The third-order valence-electron chi connectivity index (χ3n) is 7.92. The maximum absolute atomic E-state index is 13.2. The molecule has 2 aliphatic carbocycles. The van der Waals surface area contributed by atoms with Crippen LogP contribution in [0.1, 0.15) is 43.7 Å². The number of phenolic OH excluding ortho intramolecular Hbond substituents is 1. The lowest BCUT2D eigenvalue weighted by Gasteiger charge is -2.65. The van der Waals surface area contributed by atoms with Gasteiger partial charge in [-0.2, -0.15) is 0 Å². The molecule has 0 aromatic heterocycles. The van der Waals surface area contributed by atoms with Gasteiger partial charge in [-0.25, -0.2) is 4.79 Å². The molecule has 4 atom stereocenters. The fourth-order valence-electron chi connectivity index (χ4n) is 6.51. The molecular weight excluding hydrogens is 358 g/mol. The number of rotatable bonds is 1. The van der Waals surface area contributed by atoms with Gasteiger partial charge in [0.1, 0.15) is 11.3 Å². The summed E-state index contributed by atoms with van der Waals surface area (Å²) in [6.45, 7) is 2.94. The number of urea groups is 1. The molecule has 3 amide bonds. The van der Waals surface area contributed by atoms with Crippen molar-refractivity contribution in [2.24, 2.45) is 0 Å². The molecule has 2 saturated heterocycles. The van der Waals surface area contributed by atoms with Crippen molar-refractivity contribution in [3.8, 4) is 5.75 Å². The Hall–Kier alpha value is -2.12. The van der Waals surface area contributed by atoms with Gasteiger partial charge in [0.15, 0.2) is 0 Å². The SMILES string of the molecule is CCN1C(=O)N[C@]2(CC[C@@]3(O)[C@H]4Cc5ccc(O)cc5[C@@]3(CCN4C)C2)C1=O. The topological polar surface area (TPSA) is 93.1 Å². The lowest BCUT2D eigenvalue weighted by atomic mass is 9.46. The van der Waals surface area contributed by atoms with Crippen LogP contribution in [-0.4, -0.2) is 69.3 Å². The summed E-state index contributed by atoms with van der Waals surface area (Å²) in [4.78, 5) is 29.1. The Labute approximate surface area is 164 Å². The van der Waals surface area contributed by atoms with Crippen molar-refractivity contribution in [3.63, 3.8) is 0 Å². The van der Waals surface area contributed by atoms with Crippen LogP contribution >= 0.6 is 0 Å². The van der Waals surface area contributed by atoms with Crippen LogP contribution in [0.25, 0.3) is 0 Å². The van der Waals surface area contributed by atoms with E-state index in [9.17, 15) is 19.8 Å². The predicted molar refractivity (Wildman–Crippen MR) is 102 cm³/mol. The van der Waals surface area contributed by atoms with Gasteiger partial charge in [-0.05, 0) is 75.9 Å². The Kier molecular flexibility index (Phi) is 3.51. The number of hydrogen-bond donors (Lipinski definition) is 3. The third kappa shape index (κ3) is 1.96. The van der Waals surface area contributed by atoms with Crippen LogP contribution in [-0.2, 0) is 16.6 Å². The minimum absolute atomic E-state index is 0.0369. The molecule has 1 saturated carbocycles. The molecule has 0 radical (unpaired) electrons. The van der Waals surface area contributed by atoms with E-state index in [2.05, 4.69) is 10.2 Å². The van der Waals surface area contributed by atoms with E-state index < -0.39 is 16.6 Å². The first-order valence-electron chi connectivity index (χ1n) is 10.2. The number of benzene rings is 1. The van der Waals surface area contributed by atoms with Crippen molar-refractivity contribution in [1.82, 2.24) is 15.1 Å². The fraction of sp³-hybridized carbons (Fsp3) is 0.619. The number of piperidine rings is 1. The number of fused-ring (bicyclic) bond motifs is 1.